The Labute approximate surface area is 519 Å². The first-order chi connectivity index (χ1) is 42.4. The number of thioether (sulfide) groups is 2. The number of amides is 2. The fourth-order valence-electron chi connectivity index (χ4n) is 9.94. The summed E-state index contributed by atoms with van der Waals surface area (Å²) in [5.41, 5.74) is 3.92. The average molecular weight is 1260 g/mol. The Bertz CT molecular complexity index is 4150. The number of hydrogen-bond acceptors (Lipinski definition) is 17. The van der Waals surface area contributed by atoms with E-state index in [-0.39, 0.29) is 32.5 Å². The van der Waals surface area contributed by atoms with Gasteiger partial charge in [0.15, 0.2) is 8.68 Å². The molecule has 444 valence electrons. The molecule has 3 N–H and O–H groups in total. The van der Waals surface area contributed by atoms with Crippen LogP contribution >= 0.6 is 46.2 Å². The molecule has 2 amide bonds. The summed E-state index contributed by atoms with van der Waals surface area (Å²) in [6.45, 7) is 4.28. The summed E-state index contributed by atoms with van der Waals surface area (Å²) in [4.78, 5) is 65.4. The van der Waals surface area contributed by atoms with Crippen molar-refractivity contribution in [2.45, 2.75) is 53.0 Å². The lowest BCUT2D eigenvalue weighted by Gasteiger charge is -2.23. The smallest absolute Gasteiger partial charge is 0.301 e. The maximum atomic E-state index is 14.4. The predicted octanol–water partition coefficient (Wildman–Crippen LogP) is 14.2. The number of carboxylic acid groups (broad SMARTS) is 1. The van der Waals surface area contributed by atoms with Crippen molar-refractivity contribution < 1.29 is 57.5 Å². The van der Waals surface area contributed by atoms with Crippen molar-refractivity contribution in [2.75, 3.05) is 24.0 Å². The molecule has 2 aromatic heterocycles. The van der Waals surface area contributed by atoms with Crippen LogP contribution in [0.25, 0.3) is 33.1 Å². The van der Waals surface area contributed by atoms with Crippen molar-refractivity contribution in [1.29, 1.82) is 0 Å². The van der Waals surface area contributed by atoms with Gasteiger partial charge in [-0.2, -0.15) is 0 Å². The first-order valence-corrected chi connectivity index (χ1v) is 30.5. The van der Waals surface area contributed by atoms with E-state index >= 15 is 0 Å². The highest BCUT2D eigenvalue weighted by Gasteiger charge is 2.50. The molecule has 0 bridgehead atoms. The molecule has 0 saturated carbocycles. The number of carbonyl (C=O) groups is 5. The van der Waals surface area contributed by atoms with E-state index in [9.17, 15) is 38.2 Å². The van der Waals surface area contributed by atoms with E-state index in [1.54, 1.807) is 62.4 Å². The number of Topliss-reactive ketones (excluding diaryl/α,β-unsaturated/α-hetero) is 2. The number of nitrogens with zero attached hydrogens (tertiary/aromatic N) is 6. The highest BCUT2D eigenvalue weighted by atomic mass is 32.2. The molecule has 2 fully saturated rings. The largest absolute Gasteiger partial charge is 0.507 e. The third-order valence-electron chi connectivity index (χ3n) is 14.3. The number of rotatable bonds is 14. The zero-order valence-electron chi connectivity index (χ0n) is 47.5. The van der Waals surface area contributed by atoms with Crippen molar-refractivity contribution in [2.24, 2.45) is 0 Å². The van der Waals surface area contributed by atoms with Crippen LogP contribution in [0.1, 0.15) is 63.5 Å². The second-order valence-electron chi connectivity index (χ2n) is 19.9. The summed E-state index contributed by atoms with van der Waals surface area (Å²) in [6, 6.07) is 48.5. The second-order valence-corrected chi connectivity index (χ2v) is 24.3. The van der Waals surface area contributed by atoms with E-state index in [0.717, 1.165) is 51.7 Å². The van der Waals surface area contributed by atoms with Gasteiger partial charge in [-0.05, 0) is 105 Å². The maximum absolute atomic E-state index is 14.4. The normalized spacial score (nSPS) is 15.9. The minimum absolute atomic E-state index is 0.0904. The minimum Gasteiger partial charge on any atom is -0.507 e. The molecule has 2 unspecified atom stereocenters. The molecule has 2 atom stereocenters. The third-order valence-corrected chi connectivity index (χ3v) is 18.5. The number of benzene rings is 8. The van der Waals surface area contributed by atoms with Crippen LogP contribution in [0.5, 0.6) is 11.5 Å². The van der Waals surface area contributed by atoms with E-state index in [0.29, 0.717) is 53.9 Å². The van der Waals surface area contributed by atoms with Gasteiger partial charge < -0.3 is 24.8 Å². The van der Waals surface area contributed by atoms with Crippen molar-refractivity contribution in [1.82, 2.24) is 20.4 Å². The standard InChI is InChI=1S/2C32H24FN3O4S2.C2H4O2/c2*1-18-13-14-21(16-25(18)33)28(37)26-27(20-9-6-11-23(15-20)40-2)36(30(39)29(26)38)31-34-35-32(42-31)41-17-22-10-5-8-19-7-3-4-12-24(19)22;1-2(3)4/h2*3-16,27,37H,17H2,1-2H3;1H3,(H,3,4)/b2*28-26+;. The Morgan fingerprint density at radius 1 is 0.523 bits per heavy atom. The number of ketones is 2. The zero-order valence-corrected chi connectivity index (χ0v) is 50.8. The lowest BCUT2D eigenvalue weighted by molar-refractivity contribution is -0.134. The van der Waals surface area contributed by atoms with Crippen molar-refractivity contribution in [3.8, 4) is 11.5 Å². The quantitative estimate of drug-likeness (QED) is 0.0303. The molecular weight excluding hydrogens is 1200 g/mol. The van der Waals surface area contributed by atoms with Gasteiger partial charge >= 0.3 is 11.8 Å². The van der Waals surface area contributed by atoms with E-state index in [1.807, 2.05) is 36.4 Å². The van der Waals surface area contributed by atoms with Crippen LogP contribution < -0.4 is 19.3 Å². The first kappa shape index (κ1) is 61.5. The van der Waals surface area contributed by atoms with Crippen LogP contribution in [0.3, 0.4) is 0 Å². The summed E-state index contributed by atoms with van der Waals surface area (Å²) < 4.78 is 40.8. The van der Waals surface area contributed by atoms with Crippen LogP contribution in [-0.2, 0) is 35.5 Å². The lowest BCUT2D eigenvalue weighted by Crippen LogP contribution is -2.29. The van der Waals surface area contributed by atoms with Gasteiger partial charge in [0, 0.05) is 29.6 Å². The number of fused-ring (bicyclic) bond motifs is 2. The predicted molar refractivity (Wildman–Crippen MR) is 338 cm³/mol. The molecule has 22 heteroatoms. The van der Waals surface area contributed by atoms with E-state index in [2.05, 4.69) is 68.9 Å². The molecule has 0 radical (unpaired) electrons. The highest BCUT2D eigenvalue weighted by Crippen LogP contribution is 2.47. The molecule has 8 aromatic carbocycles. The number of aliphatic hydroxyl groups excluding tert-OH is 2. The van der Waals surface area contributed by atoms with Gasteiger partial charge in [-0.25, -0.2) is 8.78 Å². The Morgan fingerprint density at radius 3 is 1.28 bits per heavy atom. The van der Waals surface area contributed by atoms with Crippen LogP contribution in [0, 0.1) is 25.5 Å². The molecule has 0 aliphatic carbocycles. The number of methoxy groups -OCH3 is 2. The second kappa shape index (κ2) is 27.0. The van der Waals surface area contributed by atoms with E-state index < -0.39 is 64.6 Å². The molecule has 12 rings (SSSR count). The van der Waals surface area contributed by atoms with E-state index in [1.165, 1.54) is 94.5 Å². The molecule has 10 aromatic rings. The highest BCUT2D eigenvalue weighted by molar-refractivity contribution is 8.00. The molecule has 2 aliphatic heterocycles. The summed E-state index contributed by atoms with van der Waals surface area (Å²) in [6.07, 6.45) is 0. The first-order valence-electron chi connectivity index (χ1n) is 26.9. The average Bonchev–Trinajstić information content (AvgIpc) is 1.79. The number of aliphatic carboxylic acids is 1. The monoisotopic (exact) mass is 1250 g/mol. The SMILES string of the molecule is CC(=O)O.COc1cccc(C2/C(=C(\O)c3ccc(C)c(F)c3)C(=O)C(=O)N2c2nnc(SCc3cccc4ccccc34)s2)c1.COc1cccc(C2/C(=C(\O)c3ccc(C)c(F)c3)C(=O)C(=O)N2c2nnc(SCc3cccc4ccccc34)s2)c1. The van der Waals surface area contributed by atoms with Gasteiger partial charge in [0.25, 0.3) is 17.5 Å². The molecule has 16 nitrogen and oxygen atoms in total. The summed E-state index contributed by atoms with van der Waals surface area (Å²) in [7, 11) is 3.02. The number of hydrogen-bond donors (Lipinski definition) is 3. The van der Waals surface area contributed by atoms with Gasteiger partial charge in [0.1, 0.15) is 34.7 Å². The van der Waals surface area contributed by atoms with Gasteiger partial charge in [-0.1, -0.05) is 180 Å². The van der Waals surface area contributed by atoms with Crippen LogP contribution in [-0.4, -0.2) is 79.3 Å². The van der Waals surface area contributed by atoms with Crippen molar-refractivity contribution in [3.63, 3.8) is 0 Å². The van der Waals surface area contributed by atoms with Gasteiger partial charge in [0.2, 0.25) is 10.3 Å². The Morgan fingerprint density at radius 2 is 0.898 bits per heavy atom. The van der Waals surface area contributed by atoms with Crippen LogP contribution in [0.2, 0.25) is 0 Å². The summed E-state index contributed by atoms with van der Waals surface area (Å²) in [5, 5.41) is 52.1. The molecule has 4 heterocycles. The fraction of sp³-hybridized carbons (Fsp3) is 0.136. The zero-order chi connectivity index (χ0) is 62.3. The van der Waals surface area contributed by atoms with Crippen LogP contribution in [0.15, 0.2) is 190 Å². The number of aryl methyl sites for hydroxylation is 2. The number of carbonyl (C=O) groups excluding carboxylic acids is 4. The molecule has 2 saturated heterocycles. The van der Waals surface area contributed by atoms with Gasteiger partial charge in [-0.15, -0.1) is 20.4 Å². The number of carboxylic acids is 1. The number of anilines is 2. The maximum Gasteiger partial charge on any atom is 0.301 e. The van der Waals surface area contributed by atoms with Crippen molar-refractivity contribution in [3.05, 3.63) is 237 Å². The Hall–Kier alpha value is -9.61. The van der Waals surface area contributed by atoms with Crippen molar-refractivity contribution >= 4 is 119 Å². The third kappa shape index (κ3) is 13.1. The van der Waals surface area contributed by atoms with E-state index in [4.69, 9.17) is 19.4 Å². The number of aromatic nitrogens is 4. The van der Waals surface area contributed by atoms with Gasteiger partial charge in [-0.3, -0.25) is 33.8 Å². The summed E-state index contributed by atoms with van der Waals surface area (Å²) >= 11 is 5.32. The minimum atomic E-state index is -1.03. The fourth-order valence-corrected chi connectivity index (χ4v) is 13.7. The lowest BCUT2D eigenvalue weighted by atomic mass is 9.95. The number of halogens is 2. The molecular formula is C66H52F2N6O10S4. The topological polar surface area (TPSA) is 223 Å². The Balaban J connectivity index is 0.000000183. The number of aliphatic hydroxyl groups is 2. The molecule has 0 spiro atoms. The summed E-state index contributed by atoms with van der Waals surface area (Å²) in [5.74, 6) is -4.12. The van der Waals surface area contributed by atoms with Gasteiger partial charge in [0.05, 0.1) is 37.4 Å². The molecule has 88 heavy (non-hydrogen) atoms. The Kier molecular flexibility index (Phi) is 18.8. The molecule has 2 aliphatic rings. The number of ether oxygens (including phenoxy) is 2. The van der Waals surface area contributed by atoms with Crippen LogP contribution in [0.4, 0.5) is 19.0 Å².